The van der Waals surface area contributed by atoms with Crippen LogP contribution < -0.4 is 0 Å². The van der Waals surface area contributed by atoms with E-state index in [4.69, 9.17) is 23.2 Å². The number of rotatable bonds is 2. The van der Waals surface area contributed by atoms with Crippen molar-refractivity contribution >= 4 is 44.8 Å². The molecule has 0 saturated heterocycles. The van der Waals surface area contributed by atoms with Crippen LogP contribution in [0.2, 0.25) is 5.15 Å². The molecule has 0 aliphatic heterocycles. The Bertz CT molecular complexity index is 467. The summed E-state index contributed by atoms with van der Waals surface area (Å²) in [5, 5.41) is 1.43. The molecule has 2 heterocycles. The van der Waals surface area contributed by atoms with Gasteiger partial charge < -0.3 is 0 Å². The summed E-state index contributed by atoms with van der Waals surface area (Å²) in [5.41, 5.74) is 0. The maximum Gasteiger partial charge on any atom is 0.146 e. The maximum absolute atomic E-state index is 6.01. The minimum absolute atomic E-state index is 0.301. The highest BCUT2D eigenvalue weighted by Crippen LogP contribution is 2.29. The molecule has 74 valence electrons. The van der Waals surface area contributed by atoms with E-state index in [-0.39, 0.29) is 0 Å². The summed E-state index contributed by atoms with van der Waals surface area (Å²) in [7, 11) is 0. The predicted octanol–water partition coefficient (Wildman–Crippen LogP) is 3.65. The summed E-state index contributed by atoms with van der Waals surface area (Å²) in [6.45, 7) is 2.11. The smallest absolute Gasteiger partial charge is 0.146 e. The molecule has 2 aromatic heterocycles. The number of halogens is 2. The van der Waals surface area contributed by atoms with Crippen molar-refractivity contribution in [2.75, 3.05) is 0 Å². The molecule has 0 unspecified atom stereocenters. The van der Waals surface area contributed by atoms with Crippen molar-refractivity contribution in [2.45, 2.75) is 19.2 Å². The molecular formula is C9H8Cl2N2S. The van der Waals surface area contributed by atoms with Crippen LogP contribution in [0, 0.1) is 0 Å². The average Bonchev–Trinajstić information content (AvgIpc) is 2.61. The van der Waals surface area contributed by atoms with Crippen molar-refractivity contribution in [2.24, 2.45) is 0 Å². The van der Waals surface area contributed by atoms with Crippen molar-refractivity contribution in [3.05, 3.63) is 21.9 Å². The van der Waals surface area contributed by atoms with E-state index in [9.17, 15) is 0 Å². The average molecular weight is 247 g/mol. The molecule has 2 aromatic rings. The molecule has 2 nitrogen and oxygen atoms in total. The van der Waals surface area contributed by atoms with Gasteiger partial charge in [-0.05, 0) is 12.5 Å². The third-order valence-corrected chi connectivity index (χ3v) is 3.61. The molecule has 0 bridgehead atoms. The monoisotopic (exact) mass is 246 g/mol. The topological polar surface area (TPSA) is 25.8 Å². The minimum atomic E-state index is 0.301. The van der Waals surface area contributed by atoms with Crippen LogP contribution >= 0.6 is 34.5 Å². The van der Waals surface area contributed by atoms with Crippen LogP contribution in [0.3, 0.4) is 0 Å². The van der Waals surface area contributed by atoms with Gasteiger partial charge in [-0.25, -0.2) is 9.97 Å². The lowest BCUT2D eigenvalue weighted by molar-refractivity contribution is 1.07. The Morgan fingerprint density at radius 3 is 2.86 bits per heavy atom. The van der Waals surface area contributed by atoms with Gasteiger partial charge in [-0.1, -0.05) is 18.5 Å². The molecule has 0 aliphatic rings. The second-order valence-electron chi connectivity index (χ2n) is 2.85. The van der Waals surface area contributed by atoms with Crippen LogP contribution in [-0.4, -0.2) is 9.97 Å². The first-order valence-electron chi connectivity index (χ1n) is 4.25. The second-order valence-corrected chi connectivity index (χ2v) is 4.59. The fraction of sp³-hybridized carbons (Fsp3) is 0.333. The molecule has 0 radical (unpaired) electrons. The number of thiophene rings is 1. The third kappa shape index (κ3) is 1.72. The van der Waals surface area contributed by atoms with E-state index >= 15 is 0 Å². The van der Waals surface area contributed by atoms with Gasteiger partial charge in [-0.3, -0.25) is 0 Å². The van der Waals surface area contributed by atoms with Gasteiger partial charge in [-0.15, -0.1) is 22.9 Å². The van der Waals surface area contributed by atoms with Gasteiger partial charge in [0.15, 0.2) is 0 Å². The first-order valence-corrected chi connectivity index (χ1v) is 5.98. The highest BCUT2D eigenvalue weighted by Gasteiger charge is 2.08. The van der Waals surface area contributed by atoms with E-state index in [1.54, 1.807) is 11.3 Å². The molecule has 0 spiro atoms. The number of hydrogen-bond donors (Lipinski definition) is 0. The van der Waals surface area contributed by atoms with E-state index in [0.717, 1.165) is 16.6 Å². The Kier molecular flexibility index (Phi) is 2.91. The molecule has 0 aromatic carbocycles. The summed E-state index contributed by atoms with van der Waals surface area (Å²) >= 11 is 13.3. The summed E-state index contributed by atoms with van der Waals surface area (Å²) in [4.78, 5) is 10.6. The largest absolute Gasteiger partial charge is 0.221 e. The normalized spacial score (nSPS) is 11.1. The van der Waals surface area contributed by atoms with Crippen LogP contribution in [0.25, 0.3) is 10.2 Å². The Hall–Kier alpha value is -0.380. The van der Waals surface area contributed by atoms with Gasteiger partial charge in [0, 0.05) is 10.3 Å². The molecular weight excluding hydrogens is 239 g/mol. The molecule has 5 heteroatoms. The second kappa shape index (κ2) is 4.01. The standard InChI is InChI=1S/C9H8Cl2N2S/c1-2-5-3-6-8(11)12-7(4-10)13-9(6)14-5/h3H,2,4H2,1H3. The lowest BCUT2D eigenvalue weighted by Gasteiger charge is -1.95. The zero-order chi connectivity index (χ0) is 10.1. The minimum Gasteiger partial charge on any atom is -0.221 e. The first kappa shape index (κ1) is 10.1. The van der Waals surface area contributed by atoms with Crippen LogP contribution in [0.1, 0.15) is 17.6 Å². The Morgan fingerprint density at radius 1 is 1.43 bits per heavy atom. The SMILES string of the molecule is CCc1cc2c(Cl)nc(CCl)nc2s1. The summed E-state index contributed by atoms with van der Waals surface area (Å²) in [6.07, 6.45) is 0.994. The van der Waals surface area contributed by atoms with Crippen molar-refractivity contribution in [1.29, 1.82) is 0 Å². The van der Waals surface area contributed by atoms with Crippen molar-refractivity contribution in [3.63, 3.8) is 0 Å². The molecule has 14 heavy (non-hydrogen) atoms. The zero-order valence-corrected chi connectivity index (χ0v) is 9.88. The van der Waals surface area contributed by atoms with Gasteiger partial charge >= 0.3 is 0 Å². The molecule has 0 atom stereocenters. The summed E-state index contributed by atoms with van der Waals surface area (Å²) < 4.78 is 0. The van der Waals surface area contributed by atoms with Gasteiger partial charge in [0.1, 0.15) is 15.8 Å². The lowest BCUT2D eigenvalue weighted by atomic mass is 10.3. The van der Waals surface area contributed by atoms with E-state index in [1.807, 2.05) is 6.07 Å². The van der Waals surface area contributed by atoms with E-state index in [2.05, 4.69) is 16.9 Å². The predicted molar refractivity (Wildman–Crippen MR) is 61.4 cm³/mol. The van der Waals surface area contributed by atoms with Gasteiger partial charge in [-0.2, -0.15) is 0 Å². The lowest BCUT2D eigenvalue weighted by Crippen LogP contribution is -1.90. The molecule has 0 aliphatic carbocycles. The van der Waals surface area contributed by atoms with Crippen molar-refractivity contribution in [1.82, 2.24) is 9.97 Å². The maximum atomic E-state index is 6.01. The quantitative estimate of drug-likeness (QED) is 0.598. The Balaban J connectivity index is 2.67. The van der Waals surface area contributed by atoms with Crippen molar-refractivity contribution < 1.29 is 0 Å². The first-order chi connectivity index (χ1) is 6.74. The number of alkyl halides is 1. The van der Waals surface area contributed by atoms with Crippen LogP contribution in [0.4, 0.5) is 0 Å². The molecule has 0 fully saturated rings. The fourth-order valence-corrected chi connectivity index (χ4v) is 2.62. The zero-order valence-electron chi connectivity index (χ0n) is 7.55. The highest BCUT2D eigenvalue weighted by molar-refractivity contribution is 7.18. The van der Waals surface area contributed by atoms with Crippen molar-refractivity contribution in [3.8, 4) is 0 Å². The van der Waals surface area contributed by atoms with E-state index < -0.39 is 0 Å². The molecule has 2 rings (SSSR count). The van der Waals surface area contributed by atoms with E-state index in [0.29, 0.717) is 16.9 Å². The Morgan fingerprint density at radius 2 is 2.21 bits per heavy atom. The molecule has 0 N–H and O–H groups in total. The number of aryl methyl sites for hydroxylation is 1. The summed E-state index contributed by atoms with van der Waals surface area (Å²) in [5.74, 6) is 0.892. The van der Waals surface area contributed by atoms with Gasteiger partial charge in [0.05, 0.1) is 5.88 Å². The number of aromatic nitrogens is 2. The fourth-order valence-electron chi connectivity index (χ4n) is 1.21. The van der Waals surface area contributed by atoms with Crippen LogP contribution in [0.5, 0.6) is 0 Å². The Labute approximate surface area is 95.9 Å². The van der Waals surface area contributed by atoms with Gasteiger partial charge in [0.2, 0.25) is 0 Å². The highest BCUT2D eigenvalue weighted by atomic mass is 35.5. The third-order valence-electron chi connectivity index (χ3n) is 1.91. The van der Waals surface area contributed by atoms with Crippen LogP contribution in [0.15, 0.2) is 6.07 Å². The van der Waals surface area contributed by atoms with Gasteiger partial charge in [0.25, 0.3) is 0 Å². The molecule has 0 saturated carbocycles. The summed E-state index contributed by atoms with van der Waals surface area (Å²) in [6, 6.07) is 2.04. The number of hydrogen-bond acceptors (Lipinski definition) is 3. The number of nitrogens with zero attached hydrogens (tertiary/aromatic N) is 2. The van der Waals surface area contributed by atoms with Crippen LogP contribution in [-0.2, 0) is 12.3 Å². The molecule has 0 amide bonds. The number of fused-ring (bicyclic) bond motifs is 1. The van der Waals surface area contributed by atoms with E-state index in [1.165, 1.54) is 4.88 Å².